The lowest BCUT2D eigenvalue weighted by molar-refractivity contribution is -0.388. The lowest BCUT2D eigenvalue weighted by Gasteiger charge is -2.71. The van der Waals surface area contributed by atoms with Gasteiger partial charge in [-0.3, -0.25) is 4.79 Å². The Morgan fingerprint density at radius 2 is 1.35 bits per heavy atom. The van der Waals surface area contributed by atoms with Gasteiger partial charge < -0.3 is 74.4 Å². The summed E-state index contributed by atoms with van der Waals surface area (Å²) in [6.07, 6.45) is -10.5. The molecule has 8 rings (SSSR count). The lowest BCUT2D eigenvalue weighted by atomic mass is 9.33. The smallest absolute Gasteiger partial charge is 0.310 e. The molecule has 3 heterocycles. The Morgan fingerprint density at radius 1 is 0.714 bits per heavy atom. The predicted molar refractivity (Wildman–Crippen MR) is 223 cm³/mol. The first-order valence-electron chi connectivity index (χ1n) is 23.6. The Labute approximate surface area is 371 Å². The van der Waals surface area contributed by atoms with Crippen molar-refractivity contribution in [3.05, 3.63) is 11.6 Å². The molecule has 0 radical (unpaired) electrons. The van der Waals surface area contributed by atoms with E-state index in [0.717, 1.165) is 51.4 Å². The van der Waals surface area contributed by atoms with Crippen molar-refractivity contribution in [2.24, 2.45) is 50.2 Å². The quantitative estimate of drug-likeness (QED) is 0.125. The van der Waals surface area contributed by atoms with Crippen LogP contribution in [-0.4, -0.2) is 157 Å². The van der Waals surface area contributed by atoms with Crippen LogP contribution in [0, 0.1) is 50.2 Å². The van der Waals surface area contributed by atoms with Gasteiger partial charge in [0.15, 0.2) is 18.9 Å². The van der Waals surface area contributed by atoms with Crippen LogP contribution in [0.5, 0.6) is 0 Å². The lowest BCUT2D eigenvalue weighted by Crippen LogP contribution is -2.67. The standard InChI is InChI=1S/C47H76O16/c1-22-30(50)32(52)34(54)38(59-22)63-37-36(62-39-35(55)33(53)31(51)26(20-48)60-39)25(49)21-58-40(37)61-29-12-13-44(6)27(43(29,4)5)11-14-46(8)28(44)10-9-23-24-19-42(2,3)15-17-47(24,41(56)57)18-16-45(23,46)7/h9,22,24-40,48-55H,10-21H2,1-8H3,(H,56,57)/t22-,24?,25-,26+,27?,28?,29-,30-,31+,32+,33-,34+,35+,36-,37+,38-,39-,40-,44-,45+,46+,47-/m0/s1. The minimum atomic E-state index is -1.80. The van der Waals surface area contributed by atoms with Crippen LogP contribution in [0.4, 0.5) is 0 Å². The second-order valence-electron chi connectivity index (χ2n) is 23.0. The number of rotatable bonds is 8. The first-order chi connectivity index (χ1) is 29.4. The number of carboxylic acids is 1. The van der Waals surface area contributed by atoms with E-state index in [-0.39, 0.29) is 40.1 Å². The number of ether oxygens (including phenoxy) is 6. The topological polar surface area (TPSA) is 255 Å². The molecule has 5 aliphatic carbocycles. The number of aliphatic hydroxyl groups is 8. The van der Waals surface area contributed by atoms with Crippen molar-refractivity contribution in [2.75, 3.05) is 13.2 Å². The molecule has 0 amide bonds. The van der Waals surface area contributed by atoms with Crippen molar-refractivity contribution in [1.82, 2.24) is 0 Å². The number of aliphatic carboxylic acids is 1. The van der Waals surface area contributed by atoms with Gasteiger partial charge in [-0.05, 0) is 116 Å². The van der Waals surface area contributed by atoms with E-state index in [1.54, 1.807) is 0 Å². The fourth-order valence-electron chi connectivity index (χ4n) is 14.8. The molecular formula is C47H76O16. The van der Waals surface area contributed by atoms with Crippen molar-refractivity contribution < 1.29 is 79.2 Å². The van der Waals surface area contributed by atoms with Crippen LogP contribution < -0.4 is 0 Å². The predicted octanol–water partition coefficient (Wildman–Crippen LogP) is 2.37. The van der Waals surface area contributed by atoms with E-state index in [0.29, 0.717) is 18.8 Å². The van der Waals surface area contributed by atoms with Crippen molar-refractivity contribution in [3.63, 3.8) is 0 Å². The molecular weight excluding hydrogens is 821 g/mol. The summed E-state index contributed by atoms with van der Waals surface area (Å²) in [6, 6.07) is 0. The maximum Gasteiger partial charge on any atom is 0.310 e. The number of hydrogen-bond acceptors (Lipinski definition) is 15. The largest absolute Gasteiger partial charge is 0.481 e. The van der Waals surface area contributed by atoms with Crippen LogP contribution in [0.3, 0.4) is 0 Å². The van der Waals surface area contributed by atoms with Gasteiger partial charge in [0.1, 0.15) is 61.0 Å². The molecule has 0 aromatic carbocycles. The van der Waals surface area contributed by atoms with Gasteiger partial charge in [0.05, 0.1) is 30.8 Å². The average Bonchev–Trinajstić information content (AvgIpc) is 3.22. The van der Waals surface area contributed by atoms with Gasteiger partial charge in [0, 0.05) is 0 Å². The van der Waals surface area contributed by atoms with Gasteiger partial charge in [-0.2, -0.15) is 0 Å². The molecule has 360 valence electrons. The Balaban J connectivity index is 1.07. The van der Waals surface area contributed by atoms with Crippen molar-refractivity contribution in [2.45, 2.75) is 212 Å². The molecule has 9 N–H and O–H groups in total. The summed E-state index contributed by atoms with van der Waals surface area (Å²) in [7, 11) is 0. The normalized spacial score (nSPS) is 54.1. The number of carbonyl (C=O) groups is 1. The molecule has 3 unspecified atom stereocenters. The maximum absolute atomic E-state index is 13.1. The summed E-state index contributed by atoms with van der Waals surface area (Å²) in [4.78, 5) is 13.1. The molecule has 0 aromatic rings. The van der Waals surface area contributed by atoms with Gasteiger partial charge in [0.2, 0.25) is 0 Å². The van der Waals surface area contributed by atoms with E-state index >= 15 is 0 Å². The zero-order chi connectivity index (χ0) is 46.0. The van der Waals surface area contributed by atoms with Crippen molar-refractivity contribution >= 4 is 5.97 Å². The zero-order valence-electron chi connectivity index (χ0n) is 38.3. The molecule has 8 aliphatic rings. The molecule has 0 aromatic heterocycles. The maximum atomic E-state index is 13.1. The second-order valence-corrected chi connectivity index (χ2v) is 23.0. The SMILES string of the molecule is C[C@@H]1O[C@@H](O[C@H]2[C@H](O[C@H]3CC[C@@]4(C)C(CC[C@]5(C)C4CC=C4C6CC(C)(C)CC[C@]6(C(=O)O)CC[C@]45C)C3(C)C)OC[C@H](O)[C@@H]2O[C@@H]2O[C@H](CO)[C@@H](O)[C@H](O)[C@H]2O)[C@H](O)[C@H](O)[C@H]1O. The van der Waals surface area contributed by atoms with Crippen LogP contribution in [0.15, 0.2) is 11.6 Å². The van der Waals surface area contributed by atoms with Crippen LogP contribution >= 0.6 is 0 Å². The highest BCUT2D eigenvalue weighted by molar-refractivity contribution is 5.76. The molecule has 0 bridgehead atoms. The number of fused-ring (bicyclic) bond motifs is 7. The Morgan fingerprint density at radius 3 is 2.02 bits per heavy atom. The molecule has 16 heteroatoms. The second kappa shape index (κ2) is 16.7. The molecule has 0 spiro atoms. The number of aliphatic hydroxyl groups excluding tert-OH is 8. The Bertz CT molecular complexity index is 1720. The first kappa shape index (κ1) is 48.1. The highest BCUT2D eigenvalue weighted by Gasteiger charge is 2.70. The van der Waals surface area contributed by atoms with E-state index in [1.165, 1.54) is 12.5 Å². The highest BCUT2D eigenvalue weighted by Crippen LogP contribution is 2.76. The third-order valence-corrected chi connectivity index (χ3v) is 18.9. The van der Waals surface area contributed by atoms with E-state index in [1.807, 2.05) is 0 Å². The fourth-order valence-corrected chi connectivity index (χ4v) is 14.8. The summed E-state index contributed by atoms with van der Waals surface area (Å²) in [5.74, 6) is -0.0609. The van der Waals surface area contributed by atoms with E-state index in [2.05, 4.69) is 54.5 Å². The van der Waals surface area contributed by atoms with Crippen LogP contribution in [-0.2, 0) is 33.2 Å². The summed E-state index contributed by atoms with van der Waals surface area (Å²) >= 11 is 0. The molecule has 63 heavy (non-hydrogen) atoms. The van der Waals surface area contributed by atoms with Crippen molar-refractivity contribution in [3.8, 4) is 0 Å². The van der Waals surface area contributed by atoms with Gasteiger partial charge in [-0.15, -0.1) is 0 Å². The van der Waals surface area contributed by atoms with Crippen LogP contribution in [0.1, 0.15) is 120 Å². The monoisotopic (exact) mass is 897 g/mol. The van der Waals surface area contributed by atoms with E-state index in [4.69, 9.17) is 28.4 Å². The third kappa shape index (κ3) is 7.51. The number of hydrogen-bond donors (Lipinski definition) is 9. The molecule has 7 fully saturated rings. The van der Waals surface area contributed by atoms with Crippen LogP contribution in [0.25, 0.3) is 0 Å². The molecule has 22 atom stereocenters. The van der Waals surface area contributed by atoms with E-state index < -0.39 is 116 Å². The average molecular weight is 897 g/mol. The summed E-state index contributed by atoms with van der Waals surface area (Å²) in [5, 5.41) is 96.2. The summed E-state index contributed by atoms with van der Waals surface area (Å²) in [6.45, 7) is 16.9. The zero-order valence-corrected chi connectivity index (χ0v) is 38.3. The van der Waals surface area contributed by atoms with Gasteiger partial charge in [-0.25, -0.2) is 0 Å². The Kier molecular flexibility index (Phi) is 12.8. The molecule has 4 saturated carbocycles. The first-order valence-corrected chi connectivity index (χ1v) is 23.6. The molecule has 3 aliphatic heterocycles. The molecule has 16 nitrogen and oxygen atoms in total. The van der Waals surface area contributed by atoms with Gasteiger partial charge in [0.25, 0.3) is 0 Å². The fraction of sp³-hybridized carbons (Fsp3) is 0.936. The van der Waals surface area contributed by atoms with Gasteiger partial charge in [-0.1, -0.05) is 60.1 Å². The Hall–Kier alpha value is -1.35. The van der Waals surface area contributed by atoms with Gasteiger partial charge >= 0.3 is 5.97 Å². The molecule has 3 saturated heterocycles. The number of carboxylic acid groups (broad SMARTS) is 1. The minimum absolute atomic E-state index is 0.0238. The van der Waals surface area contributed by atoms with Crippen molar-refractivity contribution in [1.29, 1.82) is 0 Å². The number of allylic oxidation sites excluding steroid dienone is 2. The minimum Gasteiger partial charge on any atom is -0.481 e. The van der Waals surface area contributed by atoms with Crippen LogP contribution in [0.2, 0.25) is 0 Å². The third-order valence-electron chi connectivity index (χ3n) is 18.9. The summed E-state index contributed by atoms with van der Waals surface area (Å²) in [5.41, 5.74) is 0.0522. The summed E-state index contributed by atoms with van der Waals surface area (Å²) < 4.78 is 37.1. The highest BCUT2D eigenvalue weighted by atomic mass is 16.8. The van der Waals surface area contributed by atoms with E-state index in [9.17, 15) is 50.8 Å².